The highest BCUT2D eigenvalue weighted by molar-refractivity contribution is 7.93. The van der Waals surface area contributed by atoms with E-state index in [2.05, 4.69) is 18.2 Å². The zero-order valence-electron chi connectivity index (χ0n) is 8.67. The zero-order chi connectivity index (χ0) is 9.61. The fraction of sp³-hybridized carbons (Fsp3) is 1.00. The molecule has 0 aliphatic carbocycles. The van der Waals surface area contributed by atoms with Gasteiger partial charge in [0.05, 0.1) is 0 Å². The molecule has 0 radical (unpaired) electrons. The van der Waals surface area contributed by atoms with Crippen LogP contribution in [0, 0.1) is 5.92 Å². The van der Waals surface area contributed by atoms with Crippen LogP contribution in [0.25, 0.3) is 0 Å². The number of hydrogen-bond donors (Lipinski definition) is 0. The van der Waals surface area contributed by atoms with Gasteiger partial charge in [0.15, 0.2) is 0 Å². The number of hydrogen-bond acceptors (Lipinski definition) is 2. The smallest absolute Gasteiger partial charge is 0.0462 e. The highest BCUT2D eigenvalue weighted by Gasteiger charge is 2.07. The predicted octanol–water partition coefficient (Wildman–Crippen LogP) is 2.54. The van der Waals surface area contributed by atoms with E-state index in [1.54, 1.807) is 7.05 Å². The Kier molecular flexibility index (Phi) is 5.55. The van der Waals surface area contributed by atoms with Gasteiger partial charge in [-0.25, -0.2) is 8.57 Å². The van der Waals surface area contributed by atoms with Crippen LogP contribution in [0.3, 0.4) is 0 Å². The van der Waals surface area contributed by atoms with Gasteiger partial charge in [-0.1, -0.05) is 27.2 Å². The van der Waals surface area contributed by atoms with Crippen LogP contribution < -0.4 is 0 Å². The van der Waals surface area contributed by atoms with Gasteiger partial charge in [0.1, 0.15) is 0 Å². The highest BCUT2D eigenvalue weighted by atomic mass is 32.2. The molecule has 0 aliphatic rings. The second kappa shape index (κ2) is 5.57. The summed E-state index contributed by atoms with van der Waals surface area (Å²) in [5.41, 5.74) is 0. The zero-order valence-corrected chi connectivity index (χ0v) is 9.49. The fourth-order valence-electron chi connectivity index (χ4n) is 0.954. The number of nitrogens with zero attached hydrogens (tertiary/aromatic N) is 1. The van der Waals surface area contributed by atoms with Crippen molar-refractivity contribution in [2.24, 2.45) is 10.3 Å². The van der Waals surface area contributed by atoms with Gasteiger partial charge in [-0.3, -0.25) is 0 Å². The third kappa shape index (κ3) is 4.10. The SMILES string of the molecule is CCC(C)CCS(=O)(CC)=NC. The normalized spacial score (nSPS) is 18.3. The van der Waals surface area contributed by atoms with E-state index >= 15 is 0 Å². The van der Waals surface area contributed by atoms with Crippen molar-refractivity contribution in [3.8, 4) is 0 Å². The topological polar surface area (TPSA) is 29.4 Å². The van der Waals surface area contributed by atoms with Crippen molar-refractivity contribution in [2.45, 2.75) is 33.6 Å². The number of rotatable bonds is 5. The molecule has 0 aromatic carbocycles. The van der Waals surface area contributed by atoms with E-state index in [9.17, 15) is 4.21 Å². The molecule has 0 aliphatic heterocycles. The molecule has 0 aromatic heterocycles. The Morgan fingerprint density at radius 3 is 2.33 bits per heavy atom. The molecule has 0 fully saturated rings. The standard InChI is InChI=1S/C9H21NOS/c1-5-9(3)7-8-12(11,6-2)10-4/h9H,5-8H2,1-4H3. The van der Waals surface area contributed by atoms with Crippen molar-refractivity contribution in [1.82, 2.24) is 0 Å². The Morgan fingerprint density at radius 2 is 2.00 bits per heavy atom. The summed E-state index contributed by atoms with van der Waals surface area (Å²) in [6.45, 7) is 6.32. The Labute approximate surface area is 76.9 Å². The maximum Gasteiger partial charge on any atom is 0.0462 e. The molecule has 0 saturated carbocycles. The fourth-order valence-corrected chi connectivity index (χ4v) is 2.45. The van der Waals surface area contributed by atoms with Gasteiger partial charge < -0.3 is 0 Å². The average molecular weight is 191 g/mol. The summed E-state index contributed by atoms with van der Waals surface area (Å²) in [5, 5.41) is 0. The van der Waals surface area contributed by atoms with Crippen molar-refractivity contribution in [1.29, 1.82) is 0 Å². The molecule has 0 N–H and O–H groups in total. The average Bonchev–Trinajstić information content (AvgIpc) is 2.13. The molecule has 0 heterocycles. The Balaban J connectivity index is 4.00. The molecule has 3 heteroatoms. The van der Waals surface area contributed by atoms with Crippen LogP contribution in [-0.4, -0.2) is 22.8 Å². The molecule has 2 nitrogen and oxygen atoms in total. The van der Waals surface area contributed by atoms with Crippen LogP contribution >= 0.6 is 0 Å². The van der Waals surface area contributed by atoms with Crippen molar-refractivity contribution in [3.63, 3.8) is 0 Å². The van der Waals surface area contributed by atoms with Crippen molar-refractivity contribution in [2.75, 3.05) is 18.6 Å². The third-order valence-corrected chi connectivity index (χ3v) is 4.85. The molecule has 0 rings (SSSR count). The maximum atomic E-state index is 11.8. The van der Waals surface area contributed by atoms with E-state index in [0.717, 1.165) is 12.2 Å². The Bertz CT molecular complexity index is 217. The minimum Gasteiger partial charge on any atom is -0.250 e. The van der Waals surface area contributed by atoms with E-state index in [1.807, 2.05) is 6.92 Å². The monoisotopic (exact) mass is 191 g/mol. The minimum absolute atomic E-state index is 0.680. The summed E-state index contributed by atoms with van der Waals surface area (Å²) in [5.74, 6) is 2.15. The second-order valence-electron chi connectivity index (χ2n) is 3.25. The van der Waals surface area contributed by atoms with Crippen LogP contribution in [0.2, 0.25) is 0 Å². The molecule has 0 saturated heterocycles. The first-order valence-corrected chi connectivity index (χ1v) is 6.54. The van der Waals surface area contributed by atoms with Crippen LogP contribution in [-0.2, 0) is 9.73 Å². The van der Waals surface area contributed by atoms with Crippen LogP contribution in [0.15, 0.2) is 4.36 Å². The Hall–Kier alpha value is -0.0500. The van der Waals surface area contributed by atoms with Crippen LogP contribution in [0.4, 0.5) is 0 Å². The van der Waals surface area contributed by atoms with E-state index in [0.29, 0.717) is 11.7 Å². The van der Waals surface area contributed by atoms with Gasteiger partial charge in [0.2, 0.25) is 0 Å². The van der Waals surface area contributed by atoms with Gasteiger partial charge in [-0.05, 0) is 12.3 Å². The van der Waals surface area contributed by atoms with Crippen LogP contribution in [0.1, 0.15) is 33.6 Å². The maximum absolute atomic E-state index is 11.8. The van der Waals surface area contributed by atoms with E-state index < -0.39 is 9.73 Å². The minimum atomic E-state index is -1.85. The lowest BCUT2D eigenvalue weighted by Gasteiger charge is -2.10. The molecule has 0 amide bonds. The van der Waals surface area contributed by atoms with Crippen molar-refractivity contribution in [3.05, 3.63) is 0 Å². The molecular formula is C9H21NOS. The highest BCUT2D eigenvalue weighted by Crippen LogP contribution is 2.09. The van der Waals surface area contributed by atoms with E-state index in [4.69, 9.17) is 0 Å². The lowest BCUT2D eigenvalue weighted by Crippen LogP contribution is -2.11. The molecule has 0 aromatic rings. The lowest BCUT2D eigenvalue weighted by molar-refractivity contribution is 0.543. The molecule has 2 unspecified atom stereocenters. The second-order valence-corrected chi connectivity index (χ2v) is 6.15. The third-order valence-electron chi connectivity index (χ3n) is 2.41. The van der Waals surface area contributed by atoms with Gasteiger partial charge in [-0.15, -0.1) is 0 Å². The van der Waals surface area contributed by atoms with Crippen molar-refractivity contribution >= 4 is 9.73 Å². The molecule has 74 valence electrons. The van der Waals surface area contributed by atoms with E-state index in [1.165, 1.54) is 6.42 Å². The molecular weight excluding hydrogens is 170 g/mol. The summed E-state index contributed by atoms with van der Waals surface area (Å²) in [6, 6.07) is 0. The first kappa shape index (κ1) is 11.9. The van der Waals surface area contributed by atoms with Gasteiger partial charge >= 0.3 is 0 Å². The first-order chi connectivity index (χ1) is 5.58. The summed E-state index contributed by atoms with van der Waals surface area (Å²) in [6.07, 6.45) is 2.21. The molecule has 2 atom stereocenters. The van der Waals surface area contributed by atoms with Crippen molar-refractivity contribution < 1.29 is 4.21 Å². The van der Waals surface area contributed by atoms with E-state index in [-0.39, 0.29) is 0 Å². The predicted molar refractivity (Wildman–Crippen MR) is 56.0 cm³/mol. The van der Waals surface area contributed by atoms with Gasteiger partial charge in [0, 0.05) is 28.3 Å². The largest absolute Gasteiger partial charge is 0.250 e. The van der Waals surface area contributed by atoms with Gasteiger partial charge in [0.25, 0.3) is 0 Å². The summed E-state index contributed by atoms with van der Waals surface area (Å²) in [7, 11) is -0.176. The van der Waals surface area contributed by atoms with Crippen LogP contribution in [0.5, 0.6) is 0 Å². The summed E-state index contributed by atoms with van der Waals surface area (Å²) < 4.78 is 15.7. The lowest BCUT2D eigenvalue weighted by atomic mass is 10.1. The molecule has 0 bridgehead atoms. The molecule has 12 heavy (non-hydrogen) atoms. The van der Waals surface area contributed by atoms with Gasteiger partial charge in [-0.2, -0.15) is 0 Å². The summed E-state index contributed by atoms with van der Waals surface area (Å²) >= 11 is 0. The quantitative estimate of drug-likeness (QED) is 0.656. The Morgan fingerprint density at radius 1 is 1.42 bits per heavy atom. The molecule has 0 spiro atoms. The first-order valence-electron chi connectivity index (χ1n) is 4.68. The summed E-state index contributed by atoms with van der Waals surface area (Å²) in [4.78, 5) is 0.